The Kier molecular flexibility index (Phi) is 5.82. The molecule has 0 unspecified atom stereocenters. The summed E-state index contributed by atoms with van der Waals surface area (Å²) in [7, 11) is -0.348. The van der Waals surface area contributed by atoms with Crippen molar-refractivity contribution in [2.75, 3.05) is 29.8 Å². The number of amides is 2. The normalized spacial score (nSPS) is 18.7. The molecule has 33 heavy (non-hydrogen) atoms. The molecule has 3 aliphatic rings. The Labute approximate surface area is 195 Å². The van der Waals surface area contributed by atoms with Crippen LogP contribution in [0.25, 0.3) is 0 Å². The minimum atomic E-state index is -4.13. The Bertz CT molecular complexity index is 1130. The predicted molar refractivity (Wildman–Crippen MR) is 128 cm³/mol. The fraction of sp³-hybridized carbons (Fsp3) is 0.565. The summed E-state index contributed by atoms with van der Waals surface area (Å²) in [4.78, 5) is 15.2. The third-order valence-electron chi connectivity index (χ3n) is 7.16. The van der Waals surface area contributed by atoms with Gasteiger partial charge < -0.3 is 10.2 Å². The number of piperidine rings is 1. The first-order valence-electron chi connectivity index (χ1n) is 11.8. The van der Waals surface area contributed by atoms with Crippen molar-refractivity contribution in [3.8, 4) is 0 Å². The van der Waals surface area contributed by atoms with Crippen molar-refractivity contribution in [3.63, 3.8) is 0 Å². The molecule has 178 valence electrons. The highest BCUT2D eigenvalue weighted by molar-refractivity contribution is 7.91. The highest BCUT2D eigenvalue weighted by Crippen LogP contribution is 2.38. The summed E-state index contributed by atoms with van der Waals surface area (Å²) in [5.41, 5.74) is 6.21. The van der Waals surface area contributed by atoms with Gasteiger partial charge >= 0.3 is 16.2 Å². The third-order valence-corrected chi connectivity index (χ3v) is 8.63. The van der Waals surface area contributed by atoms with E-state index in [0.29, 0.717) is 18.5 Å². The van der Waals surface area contributed by atoms with Crippen LogP contribution in [-0.4, -0.2) is 55.3 Å². The molecule has 1 aromatic carbocycles. The van der Waals surface area contributed by atoms with Crippen LogP contribution in [-0.2, 0) is 42.9 Å². The maximum atomic E-state index is 13.5. The quantitative estimate of drug-likeness (QED) is 0.696. The zero-order valence-electron chi connectivity index (χ0n) is 19.3. The van der Waals surface area contributed by atoms with E-state index >= 15 is 0 Å². The Hall–Kier alpha value is -2.59. The molecule has 1 aliphatic heterocycles. The summed E-state index contributed by atoms with van der Waals surface area (Å²) in [6, 6.07) is 1.35. The van der Waals surface area contributed by atoms with Crippen molar-refractivity contribution in [1.82, 2.24) is 19.4 Å². The van der Waals surface area contributed by atoms with Gasteiger partial charge in [0.1, 0.15) is 0 Å². The van der Waals surface area contributed by atoms with Gasteiger partial charge in [-0.2, -0.15) is 13.5 Å². The molecule has 1 fully saturated rings. The lowest BCUT2D eigenvalue weighted by molar-refractivity contribution is 0.254. The number of aromatic nitrogens is 2. The number of carbonyl (C=O) groups excluding carboxylic acids is 1. The number of fused-ring (bicyclic) bond motifs is 2. The van der Waals surface area contributed by atoms with E-state index in [1.165, 1.54) is 32.8 Å². The molecule has 5 rings (SSSR count). The molecular formula is C23H32N6O3S. The molecular weight excluding hydrogens is 440 g/mol. The molecule has 0 atom stereocenters. The van der Waals surface area contributed by atoms with Crippen molar-refractivity contribution in [2.45, 2.75) is 57.4 Å². The second kappa shape index (κ2) is 8.64. The lowest BCUT2D eigenvalue weighted by Crippen LogP contribution is -2.52. The van der Waals surface area contributed by atoms with E-state index in [0.717, 1.165) is 57.3 Å². The van der Waals surface area contributed by atoms with Crippen LogP contribution in [0, 0.1) is 0 Å². The van der Waals surface area contributed by atoms with Gasteiger partial charge in [0.15, 0.2) is 0 Å². The second-order valence-corrected chi connectivity index (χ2v) is 11.0. The number of hydrogen-bond acceptors (Lipinski definition) is 5. The van der Waals surface area contributed by atoms with Crippen molar-refractivity contribution >= 4 is 27.6 Å². The monoisotopic (exact) mass is 472 g/mol. The molecule has 0 radical (unpaired) electrons. The maximum absolute atomic E-state index is 13.5. The van der Waals surface area contributed by atoms with E-state index in [2.05, 4.69) is 26.1 Å². The number of likely N-dealkylation sites (tertiary alicyclic amines) is 1. The fourth-order valence-electron chi connectivity index (χ4n) is 5.57. The molecule has 0 spiro atoms. The van der Waals surface area contributed by atoms with Gasteiger partial charge in [-0.25, -0.2) is 13.8 Å². The Morgan fingerprint density at radius 3 is 2.27 bits per heavy atom. The Morgan fingerprint density at radius 2 is 1.70 bits per heavy atom. The molecule has 2 aromatic rings. The Balaban J connectivity index is 1.40. The average molecular weight is 473 g/mol. The van der Waals surface area contributed by atoms with Crippen molar-refractivity contribution in [1.29, 1.82) is 0 Å². The number of rotatable bonds is 5. The van der Waals surface area contributed by atoms with Crippen molar-refractivity contribution in [3.05, 3.63) is 40.7 Å². The van der Waals surface area contributed by atoms with Crippen LogP contribution < -0.4 is 14.3 Å². The zero-order valence-corrected chi connectivity index (χ0v) is 20.1. The minimum Gasteiger partial charge on any atom is -0.307 e. The predicted octanol–water partition coefficient (Wildman–Crippen LogP) is 2.36. The summed E-state index contributed by atoms with van der Waals surface area (Å²) in [6.07, 6.45) is 10.6. The SMILES string of the molecule is CN1CCC(N(c2cnn(C)c2)S(=O)(=O)NC(=O)Nc2c3c(cc4c2CCC4)CCC3)CC1. The summed E-state index contributed by atoms with van der Waals surface area (Å²) in [5, 5.41) is 7.09. The number of hydrogen-bond donors (Lipinski definition) is 2. The number of anilines is 2. The van der Waals surface area contributed by atoms with Gasteiger partial charge in [-0.05, 0) is 93.8 Å². The van der Waals surface area contributed by atoms with Crippen molar-refractivity contribution < 1.29 is 13.2 Å². The lowest BCUT2D eigenvalue weighted by Gasteiger charge is -2.36. The van der Waals surface area contributed by atoms with Gasteiger partial charge in [0.25, 0.3) is 0 Å². The first-order chi connectivity index (χ1) is 15.8. The van der Waals surface area contributed by atoms with Crippen LogP contribution in [0.3, 0.4) is 0 Å². The fourth-order valence-corrected chi connectivity index (χ4v) is 6.93. The molecule has 1 saturated heterocycles. The van der Waals surface area contributed by atoms with Gasteiger partial charge in [-0.15, -0.1) is 0 Å². The van der Waals surface area contributed by atoms with Crippen LogP contribution in [0.2, 0.25) is 0 Å². The highest BCUT2D eigenvalue weighted by Gasteiger charge is 2.35. The number of nitrogens with one attached hydrogen (secondary N) is 2. The molecule has 2 heterocycles. The summed E-state index contributed by atoms with van der Waals surface area (Å²) >= 11 is 0. The van der Waals surface area contributed by atoms with Gasteiger partial charge in [0, 0.05) is 25.0 Å². The largest absolute Gasteiger partial charge is 0.334 e. The molecule has 9 nitrogen and oxygen atoms in total. The molecule has 2 aliphatic carbocycles. The summed E-state index contributed by atoms with van der Waals surface area (Å²) < 4.78 is 32.2. The van der Waals surface area contributed by atoms with Gasteiger partial charge in [-0.1, -0.05) is 6.07 Å². The van der Waals surface area contributed by atoms with Gasteiger partial charge in [0.05, 0.1) is 11.9 Å². The number of urea groups is 1. The standard InChI is InChI=1S/C23H32N6O3S/c1-27-11-9-18(10-12-27)29(19-14-24-28(2)15-19)33(31,32)26-23(30)25-22-20-7-3-5-16(20)13-17-6-4-8-21(17)22/h13-15,18H,3-12H2,1-2H3,(H2,25,26,30). The van der Waals surface area contributed by atoms with E-state index in [1.54, 1.807) is 17.9 Å². The number of nitrogens with zero attached hydrogens (tertiary/aromatic N) is 4. The number of carbonyl (C=O) groups is 1. The van der Waals surface area contributed by atoms with Crippen LogP contribution in [0.5, 0.6) is 0 Å². The minimum absolute atomic E-state index is 0.235. The van der Waals surface area contributed by atoms with E-state index in [9.17, 15) is 13.2 Å². The molecule has 2 amide bonds. The maximum Gasteiger partial charge on any atom is 0.334 e. The molecule has 10 heteroatoms. The van der Waals surface area contributed by atoms with Crippen molar-refractivity contribution in [2.24, 2.45) is 7.05 Å². The van der Waals surface area contributed by atoms with E-state index in [1.807, 2.05) is 7.05 Å². The number of benzene rings is 1. The molecule has 1 aromatic heterocycles. The lowest BCUT2D eigenvalue weighted by atomic mass is 9.99. The van der Waals surface area contributed by atoms with Crippen LogP contribution >= 0.6 is 0 Å². The van der Waals surface area contributed by atoms with E-state index < -0.39 is 16.2 Å². The van der Waals surface area contributed by atoms with Crippen LogP contribution in [0.4, 0.5) is 16.2 Å². The summed E-state index contributed by atoms with van der Waals surface area (Å²) in [5.74, 6) is 0. The van der Waals surface area contributed by atoms with Gasteiger partial charge in [-0.3, -0.25) is 4.68 Å². The average Bonchev–Trinajstić information content (AvgIpc) is 3.50. The Morgan fingerprint density at radius 1 is 1.06 bits per heavy atom. The van der Waals surface area contributed by atoms with E-state index in [-0.39, 0.29) is 6.04 Å². The van der Waals surface area contributed by atoms with Crippen LogP contribution in [0.15, 0.2) is 18.5 Å². The van der Waals surface area contributed by atoms with Crippen LogP contribution in [0.1, 0.15) is 47.9 Å². The molecule has 0 saturated carbocycles. The molecule has 0 bridgehead atoms. The summed E-state index contributed by atoms with van der Waals surface area (Å²) in [6.45, 7) is 1.59. The topological polar surface area (TPSA) is 99.6 Å². The first-order valence-corrected chi connectivity index (χ1v) is 13.2. The highest BCUT2D eigenvalue weighted by atomic mass is 32.2. The zero-order chi connectivity index (χ0) is 23.2. The smallest absolute Gasteiger partial charge is 0.307 e. The number of aryl methyl sites for hydroxylation is 3. The second-order valence-electron chi connectivity index (χ2n) is 9.50. The van der Waals surface area contributed by atoms with Gasteiger partial charge in [0.2, 0.25) is 0 Å². The molecule has 2 N–H and O–H groups in total. The van der Waals surface area contributed by atoms with E-state index in [4.69, 9.17) is 0 Å². The first kappa shape index (κ1) is 22.2. The third kappa shape index (κ3) is 4.33.